The average Bonchev–Trinajstić information content (AvgIpc) is 3.19. The lowest BCUT2D eigenvalue weighted by atomic mass is 10.1. The van der Waals surface area contributed by atoms with Gasteiger partial charge < -0.3 is 5.32 Å². The van der Waals surface area contributed by atoms with Crippen LogP contribution in [0.4, 0.5) is 5.82 Å². The summed E-state index contributed by atoms with van der Waals surface area (Å²) in [5.74, 6) is -0.0216. The first kappa shape index (κ1) is 18.5. The molecule has 3 rings (SSSR count). The highest BCUT2D eigenvalue weighted by Gasteiger charge is 2.08. The number of carbonyl (C=O) groups is 2. The number of hydrogen-bond acceptors (Lipinski definition) is 4. The maximum atomic E-state index is 12.1. The second-order valence-electron chi connectivity index (χ2n) is 5.65. The molecule has 0 bridgehead atoms. The smallest absolute Gasteiger partial charge is 0.271 e. The SMILES string of the molecule is C/C(=N\NC(=O)c1cccc(Br)c1)c1ccc(C(=O)Nc2ccn[nH]2)cc1. The largest absolute Gasteiger partial charge is 0.307 e. The van der Waals surface area contributed by atoms with Crippen molar-refractivity contribution in [1.82, 2.24) is 15.6 Å². The number of H-pyrrole nitrogens is 1. The molecule has 1 aromatic heterocycles. The van der Waals surface area contributed by atoms with Gasteiger partial charge in [0.15, 0.2) is 0 Å². The van der Waals surface area contributed by atoms with Crippen LogP contribution in [0.3, 0.4) is 0 Å². The quantitative estimate of drug-likeness (QED) is 0.430. The summed E-state index contributed by atoms with van der Waals surface area (Å²) < 4.78 is 0.819. The third kappa shape index (κ3) is 4.89. The summed E-state index contributed by atoms with van der Waals surface area (Å²) in [4.78, 5) is 24.3. The van der Waals surface area contributed by atoms with Crippen molar-refractivity contribution in [3.8, 4) is 0 Å². The zero-order valence-electron chi connectivity index (χ0n) is 14.4. The van der Waals surface area contributed by atoms with Crippen LogP contribution in [0.15, 0.2) is 70.4 Å². The molecular weight excluding hydrogens is 410 g/mol. The molecule has 0 radical (unpaired) electrons. The number of aromatic nitrogens is 2. The van der Waals surface area contributed by atoms with Crippen molar-refractivity contribution in [2.45, 2.75) is 6.92 Å². The summed E-state index contributed by atoms with van der Waals surface area (Å²) in [5, 5.41) is 13.3. The van der Waals surface area contributed by atoms with E-state index in [1.54, 1.807) is 61.7 Å². The predicted molar refractivity (Wildman–Crippen MR) is 107 cm³/mol. The minimum absolute atomic E-state index is 0.247. The molecule has 0 aliphatic carbocycles. The zero-order valence-corrected chi connectivity index (χ0v) is 15.9. The van der Waals surface area contributed by atoms with Gasteiger partial charge in [-0.2, -0.15) is 10.2 Å². The van der Waals surface area contributed by atoms with E-state index in [9.17, 15) is 9.59 Å². The summed E-state index contributed by atoms with van der Waals surface area (Å²) in [6, 6.07) is 15.6. The number of hydrazone groups is 1. The fourth-order valence-corrected chi connectivity index (χ4v) is 2.68. The van der Waals surface area contributed by atoms with Crippen LogP contribution >= 0.6 is 15.9 Å². The van der Waals surface area contributed by atoms with Crippen LogP contribution in [-0.2, 0) is 0 Å². The molecule has 0 atom stereocenters. The topological polar surface area (TPSA) is 99.2 Å². The third-order valence-corrected chi connectivity index (χ3v) is 4.22. The monoisotopic (exact) mass is 425 g/mol. The summed E-state index contributed by atoms with van der Waals surface area (Å²) in [7, 11) is 0. The second-order valence-corrected chi connectivity index (χ2v) is 6.57. The second kappa shape index (κ2) is 8.41. The van der Waals surface area contributed by atoms with Gasteiger partial charge in [-0.25, -0.2) is 5.43 Å². The van der Waals surface area contributed by atoms with Gasteiger partial charge in [-0.3, -0.25) is 14.7 Å². The molecule has 0 aliphatic heterocycles. The van der Waals surface area contributed by atoms with Crippen molar-refractivity contribution in [3.63, 3.8) is 0 Å². The Balaban J connectivity index is 1.64. The summed E-state index contributed by atoms with van der Waals surface area (Å²) >= 11 is 3.33. The van der Waals surface area contributed by atoms with E-state index in [-0.39, 0.29) is 11.8 Å². The Morgan fingerprint density at radius 3 is 2.41 bits per heavy atom. The molecule has 7 nitrogen and oxygen atoms in total. The van der Waals surface area contributed by atoms with Gasteiger partial charge in [0.1, 0.15) is 5.82 Å². The Labute approximate surface area is 164 Å². The first-order valence-corrected chi connectivity index (χ1v) is 8.83. The van der Waals surface area contributed by atoms with Gasteiger partial charge in [-0.15, -0.1) is 0 Å². The van der Waals surface area contributed by atoms with E-state index in [2.05, 4.69) is 42.0 Å². The van der Waals surface area contributed by atoms with Crippen LogP contribution in [0.1, 0.15) is 33.2 Å². The summed E-state index contributed by atoms with van der Waals surface area (Å²) in [6.07, 6.45) is 1.56. The van der Waals surface area contributed by atoms with Crippen molar-refractivity contribution in [2.24, 2.45) is 5.10 Å². The fourth-order valence-electron chi connectivity index (χ4n) is 2.28. The van der Waals surface area contributed by atoms with Gasteiger partial charge in [-0.1, -0.05) is 34.1 Å². The van der Waals surface area contributed by atoms with Gasteiger partial charge in [0, 0.05) is 21.7 Å². The molecule has 2 aromatic carbocycles. The fraction of sp³-hybridized carbons (Fsp3) is 0.0526. The molecule has 0 fully saturated rings. The lowest BCUT2D eigenvalue weighted by molar-refractivity contribution is 0.0954. The molecule has 2 amide bonds. The number of halogens is 1. The molecule has 8 heteroatoms. The van der Waals surface area contributed by atoms with Crippen LogP contribution in [0.5, 0.6) is 0 Å². The van der Waals surface area contributed by atoms with Gasteiger partial charge in [0.05, 0.1) is 11.9 Å². The van der Waals surface area contributed by atoms with Crippen LogP contribution in [0.25, 0.3) is 0 Å². The molecule has 0 aliphatic rings. The lowest BCUT2D eigenvalue weighted by Gasteiger charge is -2.06. The van der Waals surface area contributed by atoms with Crippen LogP contribution in [0, 0.1) is 0 Å². The maximum Gasteiger partial charge on any atom is 0.271 e. The highest BCUT2D eigenvalue weighted by atomic mass is 79.9. The molecule has 27 heavy (non-hydrogen) atoms. The van der Waals surface area contributed by atoms with Crippen molar-refractivity contribution < 1.29 is 9.59 Å². The number of rotatable bonds is 5. The van der Waals surface area contributed by atoms with Crippen LogP contribution in [0.2, 0.25) is 0 Å². The van der Waals surface area contributed by atoms with Crippen molar-refractivity contribution in [1.29, 1.82) is 0 Å². The molecule has 3 N–H and O–H groups in total. The minimum Gasteiger partial charge on any atom is -0.307 e. The van der Waals surface area contributed by atoms with E-state index in [0.717, 1.165) is 10.0 Å². The molecular formula is C19H16BrN5O2. The molecule has 0 unspecified atom stereocenters. The van der Waals surface area contributed by atoms with E-state index in [0.29, 0.717) is 22.7 Å². The zero-order chi connectivity index (χ0) is 19.2. The summed E-state index contributed by atoms with van der Waals surface area (Å²) in [5.41, 5.74) is 4.95. The number of amides is 2. The van der Waals surface area contributed by atoms with E-state index in [4.69, 9.17) is 0 Å². The predicted octanol–water partition coefficient (Wildman–Crippen LogP) is 3.58. The number of benzene rings is 2. The van der Waals surface area contributed by atoms with E-state index < -0.39 is 0 Å². The highest BCUT2D eigenvalue weighted by molar-refractivity contribution is 9.10. The molecule has 0 saturated heterocycles. The van der Waals surface area contributed by atoms with Crippen molar-refractivity contribution in [3.05, 3.63) is 82.0 Å². The van der Waals surface area contributed by atoms with E-state index in [1.807, 2.05) is 6.07 Å². The Morgan fingerprint density at radius 1 is 1.00 bits per heavy atom. The third-order valence-electron chi connectivity index (χ3n) is 3.73. The van der Waals surface area contributed by atoms with Crippen LogP contribution in [-0.4, -0.2) is 27.7 Å². The normalized spacial score (nSPS) is 11.1. The molecule has 3 aromatic rings. The Hall–Kier alpha value is -3.26. The number of hydrogen-bond donors (Lipinski definition) is 3. The van der Waals surface area contributed by atoms with Gasteiger partial charge in [-0.05, 0) is 42.8 Å². The number of aromatic amines is 1. The molecule has 136 valence electrons. The standard InChI is InChI=1S/C19H16BrN5O2/c1-12(23-25-19(27)15-3-2-4-16(20)11-15)13-5-7-14(8-6-13)18(26)22-17-9-10-21-24-17/h2-11H,1H3,(H,25,27)(H2,21,22,24,26)/b23-12+. The first-order chi connectivity index (χ1) is 13.0. The van der Waals surface area contributed by atoms with Crippen molar-refractivity contribution >= 4 is 39.3 Å². The van der Waals surface area contributed by atoms with E-state index in [1.165, 1.54) is 0 Å². The van der Waals surface area contributed by atoms with Crippen molar-refractivity contribution in [2.75, 3.05) is 5.32 Å². The van der Waals surface area contributed by atoms with Gasteiger partial charge in [0.25, 0.3) is 11.8 Å². The Kier molecular flexibility index (Phi) is 5.77. The lowest BCUT2D eigenvalue weighted by Crippen LogP contribution is -2.19. The average molecular weight is 426 g/mol. The Morgan fingerprint density at radius 2 is 1.74 bits per heavy atom. The Bertz CT molecular complexity index is 982. The number of carbonyl (C=O) groups excluding carboxylic acids is 2. The van der Waals surface area contributed by atoms with Gasteiger partial charge >= 0.3 is 0 Å². The first-order valence-electron chi connectivity index (χ1n) is 8.04. The molecule has 0 saturated carbocycles. The molecule has 0 spiro atoms. The van der Waals surface area contributed by atoms with Crippen LogP contribution < -0.4 is 10.7 Å². The highest BCUT2D eigenvalue weighted by Crippen LogP contribution is 2.12. The molecule has 1 heterocycles. The van der Waals surface area contributed by atoms with E-state index >= 15 is 0 Å². The van der Waals surface area contributed by atoms with Gasteiger partial charge in [0.2, 0.25) is 0 Å². The summed E-state index contributed by atoms with van der Waals surface area (Å²) in [6.45, 7) is 1.78. The minimum atomic E-state index is -0.300. The maximum absolute atomic E-state index is 12.1. The number of nitrogens with zero attached hydrogens (tertiary/aromatic N) is 2. The number of nitrogens with one attached hydrogen (secondary N) is 3. The number of anilines is 1.